The Morgan fingerprint density at radius 1 is 1.18 bits per heavy atom. The first-order valence-electron chi connectivity index (χ1n) is 8.41. The maximum atomic E-state index is 12.3. The lowest BCUT2D eigenvalue weighted by molar-refractivity contribution is -0.960. The highest BCUT2D eigenvalue weighted by Crippen LogP contribution is 2.25. The summed E-state index contributed by atoms with van der Waals surface area (Å²) in [6.07, 6.45) is 9.61. The van der Waals surface area contributed by atoms with Gasteiger partial charge in [0.05, 0.1) is 19.8 Å². The zero-order valence-corrected chi connectivity index (χ0v) is 13.1. The average Bonchev–Trinajstić information content (AvgIpc) is 2.62. The molecule has 0 atom stereocenters. The fourth-order valence-corrected chi connectivity index (χ4v) is 3.89. The molecule has 5 heteroatoms. The van der Waals surface area contributed by atoms with Gasteiger partial charge in [0.1, 0.15) is 18.6 Å². The number of carbonyl (C=O) groups excluding carboxylic acids is 1. The van der Waals surface area contributed by atoms with Crippen molar-refractivity contribution >= 4 is 5.91 Å². The Morgan fingerprint density at radius 3 is 2.55 bits per heavy atom. The molecule has 0 aromatic carbocycles. The second-order valence-corrected chi connectivity index (χ2v) is 6.48. The third kappa shape index (κ3) is 3.47. The summed E-state index contributed by atoms with van der Waals surface area (Å²) in [6, 6.07) is 3.54. The van der Waals surface area contributed by atoms with E-state index in [9.17, 15) is 4.79 Å². The Kier molecular flexibility index (Phi) is 5.05. The van der Waals surface area contributed by atoms with E-state index >= 15 is 0 Å². The molecule has 1 aromatic heterocycles. The minimum atomic E-state index is 0.0139. The third-order valence-electron chi connectivity index (χ3n) is 5.19. The van der Waals surface area contributed by atoms with Crippen LogP contribution in [-0.2, 0) is 4.74 Å². The SMILES string of the molecule is O=C(NCC1([NH+]2CCOCC2)CCCCC1)c1ccncc1. The van der Waals surface area contributed by atoms with Crippen LogP contribution in [0.2, 0.25) is 0 Å². The number of nitrogens with zero attached hydrogens (tertiary/aromatic N) is 1. The number of aromatic nitrogens is 1. The predicted molar refractivity (Wildman–Crippen MR) is 83.9 cm³/mol. The predicted octanol–water partition coefficient (Wildman–Crippen LogP) is 0.429. The van der Waals surface area contributed by atoms with Crippen molar-refractivity contribution in [2.75, 3.05) is 32.8 Å². The van der Waals surface area contributed by atoms with Crippen LogP contribution >= 0.6 is 0 Å². The van der Waals surface area contributed by atoms with E-state index in [-0.39, 0.29) is 11.4 Å². The molecule has 2 N–H and O–H groups in total. The van der Waals surface area contributed by atoms with E-state index in [0.717, 1.165) is 32.8 Å². The molecule has 2 aliphatic rings. The van der Waals surface area contributed by atoms with Crippen LogP contribution in [0.4, 0.5) is 0 Å². The van der Waals surface area contributed by atoms with E-state index in [4.69, 9.17) is 4.74 Å². The highest BCUT2D eigenvalue weighted by atomic mass is 16.5. The van der Waals surface area contributed by atoms with Crippen molar-refractivity contribution in [1.82, 2.24) is 10.3 Å². The van der Waals surface area contributed by atoms with Crippen LogP contribution < -0.4 is 10.2 Å². The maximum Gasteiger partial charge on any atom is 0.251 e. The van der Waals surface area contributed by atoms with Gasteiger partial charge >= 0.3 is 0 Å². The molecule has 1 amide bonds. The van der Waals surface area contributed by atoms with E-state index in [1.54, 1.807) is 29.4 Å². The maximum absolute atomic E-state index is 12.3. The Morgan fingerprint density at radius 2 is 1.86 bits per heavy atom. The molecular formula is C17H26N3O2+. The molecule has 3 rings (SSSR count). The number of ether oxygens (including phenoxy) is 1. The monoisotopic (exact) mass is 304 g/mol. The van der Waals surface area contributed by atoms with Gasteiger partial charge in [-0.3, -0.25) is 9.78 Å². The molecule has 120 valence electrons. The molecule has 0 unspecified atom stereocenters. The van der Waals surface area contributed by atoms with Crippen LogP contribution in [0.5, 0.6) is 0 Å². The van der Waals surface area contributed by atoms with Crippen molar-refractivity contribution < 1.29 is 14.4 Å². The Hall–Kier alpha value is -1.46. The first-order valence-corrected chi connectivity index (χ1v) is 8.41. The van der Waals surface area contributed by atoms with Crippen molar-refractivity contribution in [2.45, 2.75) is 37.6 Å². The lowest BCUT2D eigenvalue weighted by Gasteiger charge is -2.45. The smallest absolute Gasteiger partial charge is 0.251 e. The van der Waals surface area contributed by atoms with Gasteiger partial charge in [0.2, 0.25) is 0 Å². The third-order valence-corrected chi connectivity index (χ3v) is 5.19. The van der Waals surface area contributed by atoms with Crippen molar-refractivity contribution in [3.63, 3.8) is 0 Å². The second kappa shape index (κ2) is 7.20. The Balaban J connectivity index is 1.66. The summed E-state index contributed by atoms with van der Waals surface area (Å²) in [5.41, 5.74) is 0.892. The van der Waals surface area contributed by atoms with E-state index in [2.05, 4.69) is 10.3 Å². The molecule has 1 aliphatic carbocycles. The number of quaternary nitrogens is 1. The molecule has 2 fully saturated rings. The van der Waals surface area contributed by atoms with Crippen LogP contribution in [0.1, 0.15) is 42.5 Å². The fourth-order valence-electron chi connectivity index (χ4n) is 3.89. The van der Waals surface area contributed by atoms with E-state index in [0.29, 0.717) is 5.56 Å². The van der Waals surface area contributed by atoms with E-state index in [1.807, 2.05) is 0 Å². The molecule has 1 saturated heterocycles. The largest absolute Gasteiger partial charge is 0.370 e. The van der Waals surface area contributed by atoms with Crippen LogP contribution in [0, 0.1) is 0 Å². The van der Waals surface area contributed by atoms with Gasteiger partial charge in [-0.15, -0.1) is 0 Å². The molecule has 0 spiro atoms. The summed E-state index contributed by atoms with van der Waals surface area (Å²) in [5.74, 6) is 0.0139. The van der Waals surface area contributed by atoms with Gasteiger partial charge in [-0.25, -0.2) is 0 Å². The molecule has 0 bridgehead atoms. The van der Waals surface area contributed by atoms with Crippen molar-refractivity contribution in [3.05, 3.63) is 30.1 Å². The van der Waals surface area contributed by atoms with Gasteiger partial charge in [-0.2, -0.15) is 0 Å². The molecule has 22 heavy (non-hydrogen) atoms. The normalized spacial score (nSPS) is 22.2. The number of morpholine rings is 1. The number of nitrogens with one attached hydrogen (secondary N) is 2. The number of amides is 1. The molecule has 1 saturated carbocycles. The minimum absolute atomic E-state index is 0.0139. The minimum Gasteiger partial charge on any atom is -0.370 e. The molecule has 1 aliphatic heterocycles. The van der Waals surface area contributed by atoms with Gasteiger partial charge < -0.3 is 15.0 Å². The lowest BCUT2D eigenvalue weighted by atomic mass is 9.79. The van der Waals surface area contributed by atoms with Crippen LogP contribution in [0.3, 0.4) is 0 Å². The Bertz CT molecular complexity index is 480. The van der Waals surface area contributed by atoms with Crippen LogP contribution in [0.15, 0.2) is 24.5 Å². The molecule has 2 heterocycles. The van der Waals surface area contributed by atoms with Gasteiger partial charge in [0, 0.05) is 30.8 Å². The quantitative estimate of drug-likeness (QED) is 0.848. The summed E-state index contributed by atoms with van der Waals surface area (Å²) in [7, 11) is 0. The molecule has 1 aromatic rings. The van der Waals surface area contributed by atoms with Gasteiger partial charge in [0.25, 0.3) is 5.91 Å². The first kappa shape index (κ1) is 15.4. The van der Waals surface area contributed by atoms with E-state index < -0.39 is 0 Å². The summed E-state index contributed by atoms with van der Waals surface area (Å²) in [6.45, 7) is 4.57. The first-order chi connectivity index (χ1) is 10.8. The van der Waals surface area contributed by atoms with Gasteiger partial charge in [0.15, 0.2) is 0 Å². The van der Waals surface area contributed by atoms with E-state index in [1.165, 1.54) is 32.1 Å². The molecule has 5 nitrogen and oxygen atoms in total. The number of carbonyl (C=O) groups is 1. The summed E-state index contributed by atoms with van der Waals surface area (Å²) in [4.78, 5) is 17.9. The van der Waals surface area contributed by atoms with Crippen molar-refractivity contribution in [3.8, 4) is 0 Å². The number of hydrogen-bond donors (Lipinski definition) is 2. The zero-order chi connectivity index (χ0) is 15.3. The summed E-state index contributed by atoms with van der Waals surface area (Å²) in [5, 5.41) is 3.18. The lowest BCUT2D eigenvalue weighted by Crippen LogP contribution is -3.23. The Labute approximate surface area is 132 Å². The van der Waals surface area contributed by atoms with Gasteiger partial charge in [-0.1, -0.05) is 6.42 Å². The fraction of sp³-hybridized carbons (Fsp3) is 0.647. The summed E-state index contributed by atoms with van der Waals surface area (Å²) >= 11 is 0. The number of rotatable bonds is 4. The highest BCUT2D eigenvalue weighted by Gasteiger charge is 2.42. The van der Waals surface area contributed by atoms with Crippen molar-refractivity contribution in [2.24, 2.45) is 0 Å². The number of pyridine rings is 1. The molecular weight excluding hydrogens is 278 g/mol. The average molecular weight is 304 g/mol. The standard InChI is InChI=1S/C17H25N3O2/c21-16(15-4-8-18-9-5-15)19-14-17(6-2-1-3-7-17)20-10-12-22-13-11-20/h4-5,8-9H,1-3,6-7,10-14H2,(H,19,21)/p+1. The van der Waals surface area contributed by atoms with Gasteiger partial charge in [-0.05, 0) is 25.0 Å². The zero-order valence-electron chi connectivity index (χ0n) is 13.1. The number of hydrogen-bond acceptors (Lipinski definition) is 3. The highest BCUT2D eigenvalue weighted by molar-refractivity contribution is 5.93. The van der Waals surface area contributed by atoms with Crippen molar-refractivity contribution in [1.29, 1.82) is 0 Å². The topological polar surface area (TPSA) is 55.7 Å². The van der Waals surface area contributed by atoms with Crippen LogP contribution in [0.25, 0.3) is 0 Å². The van der Waals surface area contributed by atoms with Crippen LogP contribution in [-0.4, -0.2) is 49.3 Å². The summed E-state index contributed by atoms with van der Waals surface area (Å²) < 4.78 is 5.52. The second-order valence-electron chi connectivity index (χ2n) is 6.48. The molecule has 0 radical (unpaired) electrons.